The molecule has 5 heteroatoms. The first-order valence-electron chi connectivity index (χ1n) is 5.31. The highest BCUT2D eigenvalue weighted by molar-refractivity contribution is 5.92. The van der Waals surface area contributed by atoms with Crippen molar-refractivity contribution in [3.05, 3.63) is 47.6 Å². The molecule has 0 radical (unpaired) electrons. The van der Waals surface area contributed by atoms with Crippen LogP contribution in [0.2, 0.25) is 0 Å². The van der Waals surface area contributed by atoms with Crippen LogP contribution in [0.3, 0.4) is 0 Å². The van der Waals surface area contributed by atoms with Crippen molar-refractivity contribution in [1.82, 2.24) is 10.5 Å². The van der Waals surface area contributed by atoms with Gasteiger partial charge in [0.1, 0.15) is 12.8 Å². The van der Waals surface area contributed by atoms with E-state index in [2.05, 4.69) is 10.5 Å². The maximum atomic E-state index is 11.7. The van der Waals surface area contributed by atoms with Gasteiger partial charge in [-0.25, -0.2) is 4.57 Å². The molecule has 0 unspecified atom stereocenters. The summed E-state index contributed by atoms with van der Waals surface area (Å²) in [5.41, 5.74) is 1.34. The van der Waals surface area contributed by atoms with Crippen LogP contribution >= 0.6 is 0 Å². The lowest BCUT2D eigenvalue weighted by Gasteiger charge is -2.01. The maximum absolute atomic E-state index is 11.7. The SMILES string of the molecule is Cc1cc(C(=O)NCc2ccc[n+](C)c2)no1. The number of hydrogen-bond acceptors (Lipinski definition) is 3. The molecular formula is C12H14N3O2+. The first kappa shape index (κ1) is 11.3. The van der Waals surface area contributed by atoms with Crippen molar-refractivity contribution in [2.75, 3.05) is 0 Å². The number of aromatic nitrogens is 2. The lowest BCUT2D eigenvalue weighted by molar-refractivity contribution is -0.671. The van der Waals surface area contributed by atoms with Crippen molar-refractivity contribution in [2.45, 2.75) is 13.5 Å². The van der Waals surface area contributed by atoms with Crippen molar-refractivity contribution < 1.29 is 13.9 Å². The Labute approximate surface area is 99.1 Å². The van der Waals surface area contributed by atoms with E-state index in [1.165, 1.54) is 0 Å². The molecule has 0 bridgehead atoms. The molecule has 1 N–H and O–H groups in total. The summed E-state index contributed by atoms with van der Waals surface area (Å²) in [6, 6.07) is 5.50. The Hall–Kier alpha value is -2.17. The van der Waals surface area contributed by atoms with Gasteiger partial charge in [0.2, 0.25) is 0 Å². The smallest absolute Gasteiger partial charge is 0.273 e. The summed E-state index contributed by atoms with van der Waals surface area (Å²) in [5.74, 6) is 0.398. The predicted molar refractivity (Wildman–Crippen MR) is 60.0 cm³/mol. The fraction of sp³-hybridized carbons (Fsp3) is 0.250. The van der Waals surface area contributed by atoms with Crippen LogP contribution in [-0.4, -0.2) is 11.1 Å². The van der Waals surface area contributed by atoms with Gasteiger partial charge in [-0.15, -0.1) is 0 Å². The molecule has 0 aliphatic carbocycles. The first-order chi connectivity index (χ1) is 8.15. The fourth-order valence-corrected chi connectivity index (χ4v) is 1.50. The zero-order valence-electron chi connectivity index (χ0n) is 9.80. The molecule has 17 heavy (non-hydrogen) atoms. The first-order valence-corrected chi connectivity index (χ1v) is 5.31. The van der Waals surface area contributed by atoms with E-state index in [1.807, 2.05) is 36.1 Å². The van der Waals surface area contributed by atoms with E-state index in [-0.39, 0.29) is 5.91 Å². The van der Waals surface area contributed by atoms with Gasteiger partial charge < -0.3 is 9.84 Å². The molecule has 2 aromatic heterocycles. The highest BCUT2D eigenvalue weighted by atomic mass is 16.5. The number of rotatable bonds is 3. The molecule has 0 aliphatic heterocycles. The number of carbonyl (C=O) groups is 1. The minimum absolute atomic E-state index is 0.228. The Balaban J connectivity index is 1.97. The van der Waals surface area contributed by atoms with Crippen LogP contribution in [0, 0.1) is 6.92 Å². The van der Waals surface area contributed by atoms with Crippen molar-refractivity contribution in [3.8, 4) is 0 Å². The molecular weight excluding hydrogens is 218 g/mol. The lowest BCUT2D eigenvalue weighted by Crippen LogP contribution is -2.29. The predicted octanol–water partition coefficient (Wildman–Crippen LogP) is 0.738. The molecule has 0 fully saturated rings. The van der Waals surface area contributed by atoms with Crippen LogP contribution in [0.4, 0.5) is 0 Å². The van der Waals surface area contributed by atoms with Crippen LogP contribution in [0.15, 0.2) is 35.1 Å². The van der Waals surface area contributed by atoms with E-state index in [0.29, 0.717) is 18.0 Å². The Morgan fingerprint density at radius 3 is 3.06 bits per heavy atom. The summed E-state index contributed by atoms with van der Waals surface area (Å²) in [5, 5.41) is 6.43. The number of amides is 1. The summed E-state index contributed by atoms with van der Waals surface area (Å²) in [4.78, 5) is 11.7. The number of carbonyl (C=O) groups excluding carboxylic acids is 1. The largest absolute Gasteiger partial charge is 0.361 e. The quantitative estimate of drug-likeness (QED) is 0.794. The Morgan fingerprint density at radius 2 is 2.41 bits per heavy atom. The zero-order valence-corrected chi connectivity index (χ0v) is 9.80. The third-order valence-corrected chi connectivity index (χ3v) is 2.31. The molecule has 5 nitrogen and oxygen atoms in total. The van der Waals surface area contributed by atoms with E-state index >= 15 is 0 Å². The third-order valence-electron chi connectivity index (χ3n) is 2.31. The van der Waals surface area contributed by atoms with Gasteiger partial charge in [-0.1, -0.05) is 5.16 Å². The Morgan fingerprint density at radius 1 is 1.59 bits per heavy atom. The van der Waals surface area contributed by atoms with Crippen LogP contribution < -0.4 is 9.88 Å². The highest BCUT2D eigenvalue weighted by Crippen LogP contribution is 2.01. The number of hydrogen-bond donors (Lipinski definition) is 1. The summed E-state index contributed by atoms with van der Waals surface area (Å²) in [6.45, 7) is 2.22. The zero-order chi connectivity index (χ0) is 12.3. The average molecular weight is 232 g/mol. The second-order valence-corrected chi connectivity index (χ2v) is 3.88. The van der Waals surface area contributed by atoms with Gasteiger partial charge >= 0.3 is 0 Å². The lowest BCUT2D eigenvalue weighted by atomic mass is 10.2. The van der Waals surface area contributed by atoms with Crippen LogP contribution in [0.5, 0.6) is 0 Å². The second-order valence-electron chi connectivity index (χ2n) is 3.88. The van der Waals surface area contributed by atoms with Crippen LogP contribution in [0.25, 0.3) is 0 Å². The summed E-state index contributed by atoms with van der Waals surface area (Å²) in [6.07, 6.45) is 3.89. The second kappa shape index (κ2) is 4.78. The van der Waals surface area contributed by atoms with Gasteiger partial charge in [-0.3, -0.25) is 4.79 Å². The number of nitrogens with zero attached hydrogens (tertiary/aromatic N) is 2. The molecule has 0 saturated heterocycles. The molecule has 2 heterocycles. The molecule has 0 spiro atoms. The molecule has 2 rings (SSSR count). The van der Waals surface area contributed by atoms with E-state index in [1.54, 1.807) is 13.0 Å². The van der Waals surface area contributed by atoms with Gasteiger partial charge in [-0.05, 0) is 13.0 Å². The van der Waals surface area contributed by atoms with Crippen LogP contribution in [0.1, 0.15) is 21.8 Å². The monoisotopic (exact) mass is 232 g/mol. The standard InChI is InChI=1S/C12H13N3O2/c1-9-6-11(14-17-9)12(16)13-7-10-4-3-5-15(2)8-10/h3-6,8H,7H2,1-2H3/p+1. The summed E-state index contributed by atoms with van der Waals surface area (Å²) >= 11 is 0. The van der Waals surface area contributed by atoms with Crippen molar-refractivity contribution >= 4 is 5.91 Å². The normalized spacial score (nSPS) is 10.2. The summed E-state index contributed by atoms with van der Waals surface area (Å²) < 4.78 is 6.77. The molecule has 0 atom stereocenters. The topological polar surface area (TPSA) is 59.0 Å². The van der Waals surface area contributed by atoms with Gasteiger partial charge in [-0.2, -0.15) is 0 Å². The number of aryl methyl sites for hydroxylation is 2. The van der Waals surface area contributed by atoms with Gasteiger partial charge in [0, 0.05) is 24.2 Å². The fourth-order valence-electron chi connectivity index (χ4n) is 1.50. The van der Waals surface area contributed by atoms with E-state index in [9.17, 15) is 4.79 Å². The molecule has 1 amide bonds. The van der Waals surface area contributed by atoms with Crippen molar-refractivity contribution in [2.24, 2.45) is 7.05 Å². The average Bonchev–Trinajstić information content (AvgIpc) is 2.73. The third kappa shape index (κ3) is 2.90. The number of pyridine rings is 1. The molecule has 2 aromatic rings. The number of nitrogens with one attached hydrogen (secondary N) is 1. The van der Waals surface area contributed by atoms with Gasteiger partial charge in [0.15, 0.2) is 18.1 Å². The Bertz CT molecular complexity index is 534. The van der Waals surface area contributed by atoms with E-state index in [4.69, 9.17) is 4.52 Å². The minimum Gasteiger partial charge on any atom is -0.361 e. The maximum Gasteiger partial charge on any atom is 0.273 e. The van der Waals surface area contributed by atoms with E-state index < -0.39 is 0 Å². The summed E-state index contributed by atoms with van der Waals surface area (Å²) in [7, 11) is 1.94. The van der Waals surface area contributed by atoms with Crippen molar-refractivity contribution in [1.29, 1.82) is 0 Å². The van der Waals surface area contributed by atoms with E-state index in [0.717, 1.165) is 5.56 Å². The molecule has 88 valence electrons. The van der Waals surface area contributed by atoms with Crippen LogP contribution in [-0.2, 0) is 13.6 Å². The van der Waals surface area contributed by atoms with Gasteiger partial charge in [0.25, 0.3) is 5.91 Å². The Kier molecular flexibility index (Phi) is 3.18. The highest BCUT2D eigenvalue weighted by Gasteiger charge is 2.10. The molecule has 0 aliphatic rings. The molecule has 0 saturated carbocycles. The minimum atomic E-state index is -0.228. The molecule has 0 aromatic carbocycles. The van der Waals surface area contributed by atoms with Gasteiger partial charge in [0.05, 0.1) is 0 Å². The van der Waals surface area contributed by atoms with Crippen molar-refractivity contribution in [3.63, 3.8) is 0 Å².